The van der Waals surface area contributed by atoms with E-state index in [1.165, 1.54) is 0 Å². The SMILES string of the molecule is CCC1(CC)C(=O)N=C(CNC)NC1=O. The smallest absolute Gasteiger partial charge is 0.263 e. The van der Waals surface area contributed by atoms with Crippen LogP contribution in [0.4, 0.5) is 0 Å². The van der Waals surface area contributed by atoms with E-state index in [1.807, 2.05) is 13.8 Å². The van der Waals surface area contributed by atoms with Crippen molar-refractivity contribution in [2.24, 2.45) is 10.4 Å². The quantitative estimate of drug-likeness (QED) is 0.646. The first kappa shape index (κ1) is 11.8. The van der Waals surface area contributed by atoms with E-state index >= 15 is 0 Å². The Bertz CT molecular complexity index is 306. The Morgan fingerprint density at radius 1 is 1.33 bits per heavy atom. The van der Waals surface area contributed by atoms with E-state index < -0.39 is 5.41 Å². The highest BCUT2D eigenvalue weighted by Gasteiger charge is 2.45. The number of amidine groups is 1. The Morgan fingerprint density at radius 2 is 1.93 bits per heavy atom. The fraction of sp³-hybridized carbons (Fsp3) is 0.700. The maximum absolute atomic E-state index is 11.8. The Kier molecular flexibility index (Phi) is 3.57. The second-order valence-electron chi connectivity index (χ2n) is 3.64. The zero-order valence-electron chi connectivity index (χ0n) is 9.39. The Hall–Kier alpha value is -1.23. The molecule has 84 valence electrons. The van der Waals surface area contributed by atoms with Crippen molar-refractivity contribution in [3.63, 3.8) is 0 Å². The summed E-state index contributed by atoms with van der Waals surface area (Å²) in [6.45, 7) is 4.07. The fourth-order valence-electron chi connectivity index (χ4n) is 1.73. The van der Waals surface area contributed by atoms with E-state index in [0.717, 1.165) is 0 Å². The molecule has 0 spiro atoms. The zero-order valence-corrected chi connectivity index (χ0v) is 9.39. The third-order valence-electron chi connectivity index (χ3n) is 2.89. The van der Waals surface area contributed by atoms with E-state index in [9.17, 15) is 9.59 Å². The zero-order chi connectivity index (χ0) is 11.5. The molecule has 1 aliphatic rings. The lowest BCUT2D eigenvalue weighted by atomic mass is 9.79. The lowest BCUT2D eigenvalue weighted by Gasteiger charge is -2.30. The summed E-state index contributed by atoms with van der Waals surface area (Å²) >= 11 is 0. The van der Waals surface area contributed by atoms with Crippen LogP contribution in [-0.2, 0) is 9.59 Å². The van der Waals surface area contributed by atoms with Crippen LogP contribution in [0.1, 0.15) is 26.7 Å². The van der Waals surface area contributed by atoms with Gasteiger partial charge < -0.3 is 10.6 Å². The molecular formula is C10H17N3O2. The van der Waals surface area contributed by atoms with Gasteiger partial charge in [-0.1, -0.05) is 13.8 Å². The highest BCUT2D eigenvalue weighted by molar-refractivity contribution is 6.19. The van der Waals surface area contributed by atoms with Crippen molar-refractivity contribution < 1.29 is 9.59 Å². The summed E-state index contributed by atoms with van der Waals surface area (Å²) in [6.07, 6.45) is 0.981. The molecule has 0 unspecified atom stereocenters. The van der Waals surface area contributed by atoms with Crippen molar-refractivity contribution in [3.8, 4) is 0 Å². The highest BCUT2D eigenvalue weighted by Crippen LogP contribution is 2.30. The van der Waals surface area contributed by atoms with Gasteiger partial charge in [-0.2, -0.15) is 4.99 Å². The van der Waals surface area contributed by atoms with Crippen LogP contribution in [0.2, 0.25) is 0 Å². The predicted molar refractivity (Wildman–Crippen MR) is 57.5 cm³/mol. The molecule has 0 aromatic carbocycles. The third kappa shape index (κ3) is 1.92. The number of nitrogens with one attached hydrogen (secondary N) is 2. The van der Waals surface area contributed by atoms with Gasteiger partial charge in [0.2, 0.25) is 5.91 Å². The number of amides is 2. The third-order valence-corrected chi connectivity index (χ3v) is 2.89. The summed E-state index contributed by atoms with van der Waals surface area (Å²) in [5, 5.41) is 5.51. The molecule has 2 amide bonds. The Morgan fingerprint density at radius 3 is 2.33 bits per heavy atom. The summed E-state index contributed by atoms with van der Waals surface area (Å²) in [6, 6.07) is 0. The molecule has 0 aromatic heterocycles. The average molecular weight is 211 g/mol. The topological polar surface area (TPSA) is 70.6 Å². The number of carbonyl (C=O) groups excluding carboxylic acids is 2. The van der Waals surface area contributed by atoms with Crippen LogP contribution < -0.4 is 10.6 Å². The maximum Gasteiger partial charge on any atom is 0.263 e. The minimum atomic E-state index is -0.947. The molecule has 0 atom stereocenters. The molecule has 0 saturated heterocycles. The molecule has 1 aliphatic heterocycles. The lowest BCUT2D eigenvalue weighted by Crippen LogP contribution is -2.53. The van der Waals surface area contributed by atoms with Crippen LogP contribution in [0.5, 0.6) is 0 Å². The fourth-order valence-corrected chi connectivity index (χ4v) is 1.73. The van der Waals surface area contributed by atoms with Gasteiger partial charge in [0.25, 0.3) is 5.91 Å². The molecule has 1 heterocycles. The molecule has 5 heteroatoms. The number of rotatable bonds is 4. The monoisotopic (exact) mass is 211 g/mol. The van der Waals surface area contributed by atoms with Gasteiger partial charge in [0.1, 0.15) is 11.3 Å². The van der Waals surface area contributed by atoms with E-state index in [-0.39, 0.29) is 11.8 Å². The molecular weight excluding hydrogens is 194 g/mol. The van der Waals surface area contributed by atoms with Crippen LogP contribution in [0.3, 0.4) is 0 Å². The predicted octanol–water partition coefficient (Wildman–Crippen LogP) is 0.0671. The number of likely N-dealkylation sites (N-methyl/N-ethyl adjacent to an activating group) is 1. The van der Waals surface area contributed by atoms with Crippen LogP contribution in [-0.4, -0.2) is 31.2 Å². The number of hydrogen-bond acceptors (Lipinski definition) is 3. The van der Waals surface area contributed by atoms with Gasteiger partial charge >= 0.3 is 0 Å². The second kappa shape index (κ2) is 4.53. The molecule has 0 aromatic rings. The molecule has 2 N–H and O–H groups in total. The first-order chi connectivity index (χ1) is 7.10. The van der Waals surface area contributed by atoms with Crippen molar-refractivity contribution in [1.29, 1.82) is 0 Å². The lowest BCUT2D eigenvalue weighted by molar-refractivity contribution is -0.142. The summed E-state index contributed by atoms with van der Waals surface area (Å²) in [5.41, 5.74) is -0.947. The molecule has 0 saturated carbocycles. The molecule has 0 bridgehead atoms. The van der Waals surface area contributed by atoms with E-state index in [1.54, 1.807) is 7.05 Å². The van der Waals surface area contributed by atoms with E-state index in [2.05, 4.69) is 15.6 Å². The van der Waals surface area contributed by atoms with Crippen LogP contribution in [0.25, 0.3) is 0 Å². The molecule has 0 aliphatic carbocycles. The molecule has 1 rings (SSSR count). The summed E-state index contributed by atoms with van der Waals surface area (Å²) in [7, 11) is 1.74. The molecule has 0 fully saturated rings. The van der Waals surface area contributed by atoms with Gasteiger partial charge in [0.05, 0.1) is 6.54 Å². The maximum atomic E-state index is 11.8. The van der Waals surface area contributed by atoms with Crippen molar-refractivity contribution in [2.75, 3.05) is 13.6 Å². The van der Waals surface area contributed by atoms with E-state index in [4.69, 9.17) is 0 Å². The minimum absolute atomic E-state index is 0.224. The first-order valence-corrected chi connectivity index (χ1v) is 5.18. The van der Waals surface area contributed by atoms with Crippen molar-refractivity contribution >= 4 is 17.6 Å². The standard InChI is InChI=1S/C10H17N3O2/c1-4-10(5-2)8(14)12-7(6-11-3)13-9(10)15/h11H,4-6H2,1-3H3,(H,12,13,14,15). The van der Waals surface area contributed by atoms with Gasteiger partial charge in [-0.25, -0.2) is 0 Å². The van der Waals surface area contributed by atoms with Crippen LogP contribution >= 0.6 is 0 Å². The number of aliphatic imine (C=N–C) groups is 1. The van der Waals surface area contributed by atoms with Gasteiger partial charge in [-0.3, -0.25) is 9.59 Å². The summed E-state index contributed by atoms with van der Waals surface area (Å²) < 4.78 is 0. The van der Waals surface area contributed by atoms with Crippen molar-refractivity contribution in [1.82, 2.24) is 10.6 Å². The Labute approximate surface area is 89.3 Å². The van der Waals surface area contributed by atoms with Crippen molar-refractivity contribution in [3.05, 3.63) is 0 Å². The number of nitrogens with zero attached hydrogens (tertiary/aromatic N) is 1. The molecule has 15 heavy (non-hydrogen) atoms. The van der Waals surface area contributed by atoms with Gasteiger partial charge in [0.15, 0.2) is 0 Å². The van der Waals surface area contributed by atoms with E-state index in [0.29, 0.717) is 25.2 Å². The van der Waals surface area contributed by atoms with Crippen LogP contribution in [0.15, 0.2) is 4.99 Å². The molecule has 0 radical (unpaired) electrons. The summed E-state index contributed by atoms with van der Waals surface area (Å²) in [5.74, 6) is -0.135. The first-order valence-electron chi connectivity index (χ1n) is 5.18. The average Bonchev–Trinajstić information content (AvgIpc) is 2.19. The number of carbonyl (C=O) groups is 2. The number of hydrogen-bond donors (Lipinski definition) is 2. The largest absolute Gasteiger partial charge is 0.313 e. The molecule has 5 nitrogen and oxygen atoms in total. The summed E-state index contributed by atoms with van der Waals surface area (Å²) in [4.78, 5) is 27.5. The van der Waals surface area contributed by atoms with Gasteiger partial charge in [-0.15, -0.1) is 0 Å². The van der Waals surface area contributed by atoms with Gasteiger partial charge in [0, 0.05) is 0 Å². The van der Waals surface area contributed by atoms with Crippen molar-refractivity contribution in [2.45, 2.75) is 26.7 Å². The Balaban J connectivity index is 2.99. The minimum Gasteiger partial charge on any atom is -0.313 e. The van der Waals surface area contributed by atoms with Gasteiger partial charge in [-0.05, 0) is 19.9 Å². The second-order valence-corrected chi connectivity index (χ2v) is 3.64. The highest BCUT2D eigenvalue weighted by atomic mass is 16.2. The normalized spacial score (nSPS) is 19.8. The van der Waals surface area contributed by atoms with Crippen LogP contribution in [0, 0.1) is 5.41 Å².